The van der Waals surface area contributed by atoms with Crippen molar-refractivity contribution in [1.29, 1.82) is 0 Å². The highest BCUT2D eigenvalue weighted by molar-refractivity contribution is 6.00. The molecule has 35 heavy (non-hydrogen) atoms. The third-order valence-electron chi connectivity index (χ3n) is 5.99. The number of ether oxygens (including phenoxy) is 2. The minimum Gasteiger partial charge on any atom is -0.462 e. The molecular weight excluding hydrogens is 448 g/mol. The van der Waals surface area contributed by atoms with Crippen molar-refractivity contribution in [2.24, 2.45) is 5.92 Å². The van der Waals surface area contributed by atoms with Gasteiger partial charge in [-0.3, -0.25) is 14.4 Å². The molecule has 2 aromatic rings. The summed E-state index contributed by atoms with van der Waals surface area (Å²) in [5.74, 6) is -2.33. The van der Waals surface area contributed by atoms with Crippen molar-refractivity contribution in [2.45, 2.75) is 46.5 Å². The molecular formula is C27H32N2O6. The second-order valence-corrected chi connectivity index (χ2v) is 8.75. The van der Waals surface area contributed by atoms with Crippen molar-refractivity contribution in [3.63, 3.8) is 0 Å². The molecule has 0 radical (unpaired) electrons. The second-order valence-electron chi connectivity index (χ2n) is 8.75. The fourth-order valence-electron chi connectivity index (χ4n) is 3.76. The number of nitrogens with one attached hydrogen (secondary N) is 1. The van der Waals surface area contributed by atoms with E-state index in [4.69, 9.17) is 9.47 Å². The Balaban J connectivity index is 1.48. The van der Waals surface area contributed by atoms with Crippen molar-refractivity contribution in [3.8, 4) is 0 Å². The minimum atomic E-state index is -0.667. The lowest BCUT2D eigenvalue weighted by atomic mass is 10.1. The molecule has 1 aliphatic heterocycles. The number of nitrogens with zero attached hydrogens (tertiary/aromatic N) is 1. The number of hydrogen-bond acceptors (Lipinski definition) is 6. The van der Waals surface area contributed by atoms with Crippen LogP contribution in [-0.2, 0) is 23.9 Å². The van der Waals surface area contributed by atoms with Crippen molar-refractivity contribution < 1.29 is 28.7 Å². The number of rotatable bonds is 10. The van der Waals surface area contributed by atoms with Crippen LogP contribution in [0.15, 0.2) is 42.5 Å². The lowest BCUT2D eigenvalue weighted by Gasteiger charge is -2.17. The average Bonchev–Trinajstić information content (AvgIpc) is 3.24. The highest BCUT2D eigenvalue weighted by Crippen LogP contribution is 2.26. The zero-order valence-corrected chi connectivity index (χ0v) is 20.5. The average molecular weight is 481 g/mol. The van der Waals surface area contributed by atoms with Gasteiger partial charge in [-0.15, -0.1) is 0 Å². The maximum Gasteiger partial charge on any atom is 0.338 e. The number of carbonyl (C=O) groups excluding carboxylic acids is 4. The molecule has 2 aromatic carbocycles. The first-order valence-electron chi connectivity index (χ1n) is 11.9. The Morgan fingerprint density at radius 1 is 1.00 bits per heavy atom. The summed E-state index contributed by atoms with van der Waals surface area (Å²) in [6.45, 7) is 6.11. The van der Waals surface area contributed by atoms with E-state index >= 15 is 0 Å². The first-order valence-corrected chi connectivity index (χ1v) is 11.9. The summed E-state index contributed by atoms with van der Waals surface area (Å²) in [6, 6.07) is 12.1. The van der Waals surface area contributed by atoms with Gasteiger partial charge in [0.2, 0.25) is 5.91 Å². The van der Waals surface area contributed by atoms with E-state index in [2.05, 4.69) is 12.2 Å². The van der Waals surface area contributed by atoms with Gasteiger partial charge in [-0.05, 0) is 67.8 Å². The highest BCUT2D eigenvalue weighted by Gasteiger charge is 2.36. The summed E-state index contributed by atoms with van der Waals surface area (Å²) in [5.41, 5.74) is 3.77. The Hall–Kier alpha value is -3.68. The zero-order valence-electron chi connectivity index (χ0n) is 20.5. The predicted octanol–water partition coefficient (Wildman–Crippen LogP) is 4.19. The molecule has 0 aliphatic carbocycles. The Bertz CT molecular complexity index is 1080. The van der Waals surface area contributed by atoms with Gasteiger partial charge in [0.05, 0.1) is 18.1 Å². The quantitative estimate of drug-likeness (QED) is 0.404. The van der Waals surface area contributed by atoms with Crippen LogP contribution in [0.5, 0.6) is 0 Å². The Labute approximate surface area is 205 Å². The number of unbranched alkanes of at least 4 members (excludes halogenated alkanes) is 2. The fourth-order valence-corrected chi connectivity index (χ4v) is 3.76. The molecule has 3 rings (SSSR count). The summed E-state index contributed by atoms with van der Waals surface area (Å²) < 4.78 is 10.4. The van der Waals surface area contributed by atoms with Gasteiger partial charge in [-0.25, -0.2) is 4.79 Å². The molecule has 8 nitrogen and oxygen atoms in total. The van der Waals surface area contributed by atoms with Gasteiger partial charge in [0, 0.05) is 24.3 Å². The molecule has 2 amide bonds. The van der Waals surface area contributed by atoms with Crippen LogP contribution >= 0.6 is 0 Å². The van der Waals surface area contributed by atoms with Crippen LogP contribution < -0.4 is 10.2 Å². The van der Waals surface area contributed by atoms with Crippen molar-refractivity contribution >= 4 is 35.1 Å². The normalized spacial score (nSPS) is 15.1. The van der Waals surface area contributed by atoms with E-state index < -0.39 is 30.4 Å². The largest absolute Gasteiger partial charge is 0.462 e. The Morgan fingerprint density at radius 2 is 1.74 bits per heavy atom. The smallest absolute Gasteiger partial charge is 0.338 e. The zero-order chi connectivity index (χ0) is 25.4. The van der Waals surface area contributed by atoms with Crippen LogP contribution in [0.4, 0.5) is 11.4 Å². The van der Waals surface area contributed by atoms with Crippen LogP contribution in [-0.4, -0.2) is 43.5 Å². The van der Waals surface area contributed by atoms with Crippen LogP contribution in [0.1, 0.15) is 54.1 Å². The van der Waals surface area contributed by atoms with Gasteiger partial charge in [-0.2, -0.15) is 0 Å². The van der Waals surface area contributed by atoms with E-state index in [-0.39, 0.29) is 18.9 Å². The summed E-state index contributed by atoms with van der Waals surface area (Å²) in [6.07, 6.45) is 2.88. The third-order valence-corrected chi connectivity index (χ3v) is 5.99. The Morgan fingerprint density at radius 3 is 2.43 bits per heavy atom. The summed E-state index contributed by atoms with van der Waals surface area (Å²) in [4.78, 5) is 50.7. The fraction of sp³-hybridized carbons (Fsp3) is 0.407. The van der Waals surface area contributed by atoms with Crippen molar-refractivity contribution in [3.05, 3.63) is 59.2 Å². The molecule has 0 bridgehead atoms. The van der Waals surface area contributed by atoms with E-state index in [0.29, 0.717) is 23.5 Å². The molecule has 1 atom stereocenters. The molecule has 1 heterocycles. The molecule has 186 valence electrons. The molecule has 0 unspecified atom stereocenters. The van der Waals surface area contributed by atoms with Gasteiger partial charge in [-0.1, -0.05) is 25.8 Å². The molecule has 1 aliphatic rings. The van der Waals surface area contributed by atoms with Gasteiger partial charge >= 0.3 is 11.9 Å². The predicted molar refractivity (Wildman–Crippen MR) is 132 cm³/mol. The van der Waals surface area contributed by atoms with Crippen LogP contribution in [0.3, 0.4) is 0 Å². The molecule has 8 heteroatoms. The van der Waals surface area contributed by atoms with E-state index in [9.17, 15) is 19.2 Å². The SMILES string of the molecule is CCCCCOC(=O)c1ccc(N2C[C@H](C(=O)OCC(=O)Nc3ccc(C)c(C)c3)CC2=O)cc1. The topological polar surface area (TPSA) is 102 Å². The number of anilines is 2. The molecule has 1 saturated heterocycles. The lowest BCUT2D eigenvalue weighted by Crippen LogP contribution is -2.28. The van der Waals surface area contributed by atoms with Crippen LogP contribution in [0.25, 0.3) is 0 Å². The first-order chi connectivity index (χ1) is 16.8. The number of carbonyl (C=O) groups is 4. The highest BCUT2D eigenvalue weighted by atomic mass is 16.5. The van der Waals surface area contributed by atoms with E-state index in [1.807, 2.05) is 26.0 Å². The van der Waals surface area contributed by atoms with Gasteiger partial charge < -0.3 is 19.7 Å². The van der Waals surface area contributed by atoms with Crippen LogP contribution in [0.2, 0.25) is 0 Å². The van der Waals surface area contributed by atoms with Crippen LogP contribution in [0, 0.1) is 19.8 Å². The maximum atomic E-state index is 12.5. The number of amides is 2. The minimum absolute atomic E-state index is 0.00116. The molecule has 1 fully saturated rings. The number of hydrogen-bond donors (Lipinski definition) is 1. The monoisotopic (exact) mass is 480 g/mol. The molecule has 0 aromatic heterocycles. The van der Waals surface area contributed by atoms with Crippen molar-refractivity contribution in [1.82, 2.24) is 0 Å². The second kappa shape index (κ2) is 12.1. The van der Waals surface area contributed by atoms with E-state index in [0.717, 1.165) is 30.4 Å². The lowest BCUT2D eigenvalue weighted by molar-refractivity contribution is -0.151. The summed E-state index contributed by atoms with van der Waals surface area (Å²) in [5, 5.41) is 2.70. The maximum absolute atomic E-state index is 12.5. The summed E-state index contributed by atoms with van der Waals surface area (Å²) >= 11 is 0. The number of aryl methyl sites for hydroxylation is 2. The number of benzene rings is 2. The number of esters is 2. The molecule has 0 saturated carbocycles. The van der Waals surface area contributed by atoms with E-state index in [1.165, 1.54) is 4.90 Å². The third kappa shape index (κ3) is 7.15. The van der Waals surface area contributed by atoms with Gasteiger partial charge in [0.1, 0.15) is 0 Å². The standard InChI is InChI=1S/C27H32N2O6/c1-4-5-6-13-34-26(32)20-8-11-23(12-9-20)29-16-21(15-25(29)31)27(33)35-17-24(30)28-22-10-7-18(2)19(3)14-22/h7-12,14,21H,4-6,13,15-17H2,1-3H3,(H,28,30)/t21-/m1/s1. The molecule has 0 spiro atoms. The Kier molecular flexibility index (Phi) is 9.00. The molecule has 1 N–H and O–H groups in total. The van der Waals surface area contributed by atoms with Gasteiger partial charge in [0.15, 0.2) is 6.61 Å². The van der Waals surface area contributed by atoms with E-state index in [1.54, 1.807) is 30.3 Å². The van der Waals surface area contributed by atoms with Crippen molar-refractivity contribution in [2.75, 3.05) is 30.0 Å². The summed E-state index contributed by atoms with van der Waals surface area (Å²) in [7, 11) is 0. The first kappa shape index (κ1) is 25.9. The van der Waals surface area contributed by atoms with Gasteiger partial charge in [0.25, 0.3) is 5.91 Å².